The number of nitrogens with two attached hydrogens (primary N) is 1. The molecule has 2 atom stereocenters. The molecule has 0 aliphatic heterocycles. The number of hydrogen-bond acceptors (Lipinski definition) is 2. The van der Waals surface area contributed by atoms with E-state index in [-0.39, 0.29) is 12.1 Å². The summed E-state index contributed by atoms with van der Waals surface area (Å²) in [5.74, 6) is 1.14. The summed E-state index contributed by atoms with van der Waals surface area (Å²) in [6.45, 7) is 4.55. The van der Waals surface area contributed by atoms with E-state index in [9.17, 15) is 8.78 Å². The van der Waals surface area contributed by atoms with E-state index >= 15 is 0 Å². The van der Waals surface area contributed by atoms with Gasteiger partial charge in [0.25, 0.3) is 6.43 Å². The number of nitrogens with one attached hydrogen (secondary N) is 1. The third-order valence-electron chi connectivity index (χ3n) is 3.31. The minimum atomic E-state index is -2.29. The van der Waals surface area contributed by atoms with Gasteiger partial charge in [0, 0.05) is 12.1 Å². The van der Waals surface area contributed by atoms with Crippen molar-refractivity contribution < 1.29 is 8.78 Å². The Labute approximate surface area is 90.6 Å². The minimum Gasteiger partial charge on any atom is -0.329 e. The van der Waals surface area contributed by atoms with Crippen molar-refractivity contribution >= 4 is 0 Å². The van der Waals surface area contributed by atoms with Gasteiger partial charge >= 0.3 is 0 Å². The summed E-state index contributed by atoms with van der Waals surface area (Å²) in [4.78, 5) is 0. The van der Waals surface area contributed by atoms with Crippen molar-refractivity contribution in [3.8, 4) is 0 Å². The Balaban J connectivity index is 2.57. The smallest absolute Gasteiger partial charge is 0.250 e. The number of halogens is 2. The SMILES string of the molecule is CC1CC(C)CC(CN)(NCC(F)F)C1. The molecule has 1 rings (SSSR count). The van der Waals surface area contributed by atoms with Crippen molar-refractivity contribution in [1.29, 1.82) is 0 Å². The maximum atomic E-state index is 12.2. The number of hydrogen-bond donors (Lipinski definition) is 2. The van der Waals surface area contributed by atoms with Crippen molar-refractivity contribution in [2.24, 2.45) is 17.6 Å². The first-order valence-electron chi connectivity index (χ1n) is 5.70. The molecule has 1 saturated carbocycles. The van der Waals surface area contributed by atoms with Gasteiger partial charge in [-0.25, -0.2) is 8.78 Å². The van der Waals surface area contributed by atoms with Gasteiger partial charge in [-0.3, -0.25) is 0 Å². The van der Waals surface area contributed by atoms with Crippen LogP contribution in [-0.4, -0.2) is 25.1 Å². The van der Waals surface area contributed by atoms with Gasteiger partial charge in [0.05, 0.1) is 6.54 Å². The first-order valence-corrected chi connectivity index (χ1v) is 5.70. The summed E-state index contributed by atoms with van der Waals surface area (Å²) in [6.07, 6.45) is 0.722. The first kappa shape index (κ1) is 12.8. The van der Waals surface area contributed by atoms with E-state index in [1.54, 1.807) is 0 Å². The normalized spacial score (nSPS) is 37.2. The van der Waals surface area contributed by atoms with E-state index in [0.717, 1.165) is 12.8 Å². The van der Waals surface area contributed by atoms with Crippen LogP contribution in [0.4, 0.5) is 8.78 Å². The van der Waals surface area contributed by atoms with Crippen LogP contribution in [0, 0.1) is 11.8 Å². The Morgan fingerprint density at radius 1 is 1.33 bits per heavy atom. The molecule has 15 heavy (non-hydrogen) atoms. The molecule has 2 nitrogen and oxygen atoms in total. The van der Waals surface area contributed by atoms with Crippen molar-refractivity contribution in [1.82, 2.24) is 5.32 Å². The second-order valence-electron chi connectivity index (χ2n) is 5.11. The van der Waals surface area contributed by atoms with Gasteiger partial charge in [-0.1, -0.05) is 13.8 Å². The average molecular weight is 220 g/mol. The molecule has 4 heteroatoms. The van der Waals surface area contributed by atoms with E-state index in [2.05, 4.69) is 19.2 Å². The quantitative estimate of drug-likeness (QED) is 0.760. The van der Waals surface area contributed by atoms with Gasteiger partial charge in [-0.05, 0) is 31.1 Å². The lowest BCUT2D eigenvalue weighted by Gasteiger charge is -2.43. The average Bonchev–Trinajstić information content (AvgIpc) is 2.13. The zero-order valence-electron chi connectivity index (χ0n) is 9.60. The summed E-state index contributed by atoms with van der Waals surface area (Å²) in [7, 11) is 0. The van der Waals surface area contributed by atoms with Crippen LogP contribution in [0.15, 0.2) is 0 Å². The highest BCUT2D eigenvalue weighted by Crippen LogP contribution is 2.35. The number of alkyl halides is 2. The van der Waals surface area contributed by atoms with E-state index in [0.29, 0.717) is 18.4 Å². The molecular weight excluding hydrogens is 198 g/mol. The highest BCUT2D eigenvalue weighted by molar-refractivity contribution is 4.95. The molecule has 3 N–H and O–H groups in total. The minimum absolute atomic E-state index is 0.239. The van der Waals surface area contributed by atoms with Gasteiger partial charge in [-0.15, -0.1) is 0 Å². The second kappa shape index (κ2) is 5.21. The topological polar surface area (TPSA) is 38.0 Å². The molecule has 0 aromatic carbocycles. The predicted octanol–water partition coefficient (Wildman–Crippen LogP) is 1.99. The molecule has 0 aromatic rings. The summed E-state index contributed by atoms with van der Waals surface area (Å²) in [6, 6.07) is 0. The molecular formula is C11H22F2N2. The molecule has 0 radical (unpaired) electrons. The predicted molar refractivity (Wildman–Crippen MR) is 58.0 cm³/mol. The standard InChI is InChI=1S/C11H22F2N2/c1-8-3-9(2)5-11(4-8,7-14)15-6-10(12)13/h8-10,15H,3-7,14H2,1-2H3. The molecule has 0 heterocycles. The fourth-order valence-corrected chi connectivity index (χ4v) is 2.95. The van der Waals surface area contributed by atoms with Crippen LogP contribution in [0.5, 0.6) is 0 Å². The van der Waals surface area contributed by atoms with E-state index in [4.69, 9.17) is 5.73 Å². The van der Waals surface area contributed by atoms with Crippen LogP contribution in [-0.2, 0) is 0 Å². The van der Waals surface area contributed by atoms with Gasteiger partial charge in [0.2, 0.25) is 0 Å². The zero-order chi connectivity index (χ0) is 11.5. The molecule has 0 saturated heterocycles. The molecule has 1 aliphatic rings. The molecule has 0 bridgehead atoms. The van der Waals surface area contributed by atoms with E-state index < -0.39 is 6.43 Å². The van der Waals surface area contributed by atoms with Gasteiger partial charge in [0.15, 0.2) is 0 Å². The first-order chi connectivity index (χ1) is 6.97. The summed E-state index contributed by atoms with van der Waals surface area (Å²) >= 11 is 0. The third-order valence-corrected chi connectivity index (χ3v) is 3.31. The van der Waals surface area contributed by atoms with Crippen LogP contribution in [0.3, 0.4) is 0 Å². The monoisotopic (exact) mass is 220 g/mol. The Morgan fingerprint density at radius 2 is 1.87 bits per heavy atom. The zero-order valence-corrected chi connectivity index (χ0v) is 9.60. The van der Waals surface area contributed by atoms with E-state index in [1.807, 2.05) is 0 Å². The van der Waals surface area contributed by atoms with Crippen LogP contribution in [0.25, 0.3) is 0 Å². The lowest BCUT2D eigenvalue weighted by molar-refractivity contribution is 0.0975. The second-order valence-corrected chi connectivity index (χ2v) is 5.11. The van der Waals surface area contributed by atoms with Crippen LogP contribution in [0.1, 0.15) is 33.1 Å². The highest BCUT2D eigenvalue weighted by atomic mass is 19.3. The van der Waals surface area contributed by atoms with Crippen LogP contribution < -0.4 is 11.1 Å². The van der Waals surface area contributed by atoms with Gasteiger partial charge in [-0.2, -0.15) is 0 Å². The fourth-order valence-electron chi connectivity index (χ4n) is 2.95. The fraction of sp³-hybridized carbons (Fsp3) is 1.00. The van der Waals surface area contributed by atoms with E-state index in [1.165, 1.54) is 6.42 Å². The molecule has 90 valence electrons. The third kappa shape index (κ3) is 3.68. The van der Waals surface area contributed by atoms with Crippen molar-refractivity contribution in [2.45, 2.75) is 45.1 Å². The Hall–Kier alpha value is -0.220. The maximum Gasteiger partial charge on any atom is 0.250 e. The summed E-state index contributed by atoms with van der Waals surface area (Å²) < 4.78 is 24.4. The lowest BCUT2D eigenvalue weighted by Crippen LogP contribution is -2.56. The lowest BCUT2D eigenvalue weighted by atomic mass is 9.71. The summed E-state index contributed by atoms with van der Waals surface area (Å²) in [5.41, 5.74) is 5.49. The van der Waals surface area contributed by atoms with Gasteiger partial charge in [0.1, 0.15) is 0 Å². The Morgan fingerprint density at radius 3 is 2.27 bits per heavy atom. The molecule has 1 aliphatic carbocycles. The van der Waals surface area contributed by atoms with Gasteiger partial charge < -0.3 is 11.1 Å². The number of rotatable bonds is 4. The largest absolute Gasteiger partial charge is 0.329 e. The molecule has 1 fully saturated rings. The summed E-state index contributed by atoms with van der Waals surface area (Å²) in [5, 5.41) is 2.97. The maximum absolute atomic E-state index is 12.2. The highest BCUT2D eigenvalue weighted by Gasteiger charge is 2.36. The molecule has 0 amide bonds. The molecule has 0 aromatic heterocycles. The Kier molecular flexibility index (Phi) is 4.46. The van der Waals surface area contributed by atoms with Crippen molar-refractivity contribution in [3.63, 3.8) is 0 Å². The van der Waals surface area contributed by atoms with Crippen LogP contribution in [0.2, 0.25) is 0 Å². The molecule has 2 unspecified atom stereocenters. The van der Waals surface area contributed by atoms with Crippen molar-refractivity contribution in [3.05, 3.63) is 0 Å². The van der Waals surface area contributed by atoms with Crippen LogP contribution >= 0.6 is 0 Å². The van der Waals surface area contributed by atoms with Crippen molar-refractivity contribution in [2.75, 3.05) is 13.1 Å². The molecule has 0 spiro atoms. The Bertz CT molecular complexity index is 187.